The number of fused-ring (bicyclic) bond motifs is 1. The Labute approximate surface area is 304 Å². The molecule has 2 aromatic rings. The molecule has 2 aromatic carbocycles. The molecule has 2 aliphatic rings. The topological polar surface area (TPSA) is 121 Å². The Morgan fingerprint density at radius 2 is 1.45 bits per heavy atom. The maximum absolute atomic E-state index is 15.4. The second-order valence-corrected chi connectivity index (χ2v) is 16.5. The van der Waals surface area contributed by atoms with E-state index in [-0.39, 0.29) is 18.3 Å². The van der Waals surface area contributed by atoms with Crippen molar-refractivity contribution in [3.63, 3.8) is 0 Å². The van der Waals surface area contributed by atoms with Crippen LogP contribution >= 0.6 is 0 Å². The average Bonchev–Trinajstić information content (AvgIpc) is 3.47. The van der Waals surface area contributed by atoms with Gasteiger partial charge in [0.1, 0.15) is 23.7 Å². The highest BCUT2D eigenvalue weighted by atomic mass is 16.6. The number of carbonyl (C=O) groups excluding carboxylic acids is 4. The van der Waals surface area contributed by atoms with Gasteiger partial charge in [-0.2, -0.15) is 0 Å². The lowest BCUT2D eigenvalue weighted by atomic mass is 9.91. The van der Waals surface area contributed by atoms with Crippen molar-refractivity contribution in [2.24, 2.45) is 11.8 Å². The number of hydrogen-bond acceptors (Lipinski definition) is 8. The van der Waals surface area contributed by atoms with Gasteiger partial charge in [0.2, 0.25) is 11.8 Å². The number of alkyl carbamates (subject to hydrolysis) is 1. The van der Waals surface area contributed by atoms with Crippen LogP contribution in [0.25, 0.3) is 0 Å². The summed E-state index contributed by atoms with van der Waals surface area (Å²) in [6.45, 7) is 18.4. The van der Waals surface area contributed by atoms with Gasteiger partial charge in [-0.15, -0.1) is 0 Å². The SMILES string of the molecule is COC(=O)[C@@H](CC(C)C)N(C(=O)[C@H](NC(=O)OC(C)(C)C)C1Cc2ccccc2C1)C(C(=O)NC(C)(C)C)c1ccc(N2CCN(C)CC2)cc1. The lowest BCUT2D eigenvalue weighted by Gasteiger charge is -2.41. The van der Waals surface area contributed by atoms with E-state index in [0.29, 0.717) is 18.4 Å². The maximum atomic E-state index is 15.4. The minimum atomic E-state index is -1.21. The molecule has 51 heavy (non-hydrogen) atoms. The summed E-state index contributed by atoms with van der Waals surface area (Å²) < 4.78 is 11.0. The first-order valence-corrected chi connectivity index (χ1v) is 18.2. The van der Waals surface area contributed by atoms with Crippen LogP contribution in [0.1, 0.15) is 84.5 Å². The number of nitrogens with one attached hydrogen (secondary N) is 2. The minimum absolute atomic E-state index is 0.0386. The number of benzene rings is 2. The normalized spacial score (nSPS) is 17.3. The van der Waals surface area contributed by atoms with E-state index in [4.69, 9.17) is 9.47 Å². The molecule has 1 saturated heterocycles. The van der Waals surface area contributed by atoms with Crippen LogP contribution in [0.2, 0.25) is 0 Å². The molecule has 0 radical (unpaired) electrons. The third-order valence-electron chi connectivity index (χ3n) is 9.35. The second kappa shape index (κ2) is 16.5. The predicted octanol–water partition coefficient (Wildman–Crippen LogP) is 5.12. The van der Waals surface area contributed by atoms with Gasteiger partial charge >= 0.3 is 12.1 Å². The second-order valence-electron chi connectivity index (χ2n) is 16.5. The summed E-state index contributed by atoms with van der Waals surface area (Å²) >= 11 is 0. The summed E-state index contributed by atoms with van der Waals surface area (Å²) in [4.78, 5) is 63.2. The van der Waals surface area contributed by atoms with Crippen molar-refractivity contribution in [2.45, 2.75) is 104 Å². The molecule has 11 nitrogen and oxygen atoms in total. The number of ether oxygens (including phenoxy) is 2. The molecule has 1 aliphatic heterocycles. The van der Waals surface area contributed by atoms with Crippen molar-refractivity contribution in [2.75, 3.05) is 45.2 Å². The fraction of sp³-hybridized carbons (Fsp3) is 0.600. The number of amides is 3. The quantitative estimate of drug-likeness (QED) is 0.310. The Kier molecular flexibility index (Phi) is 12.8. The molecule has 3 atom stereocenters. The highest BCUT2D eigenvalue weighted by Crippen LogP contribution is 2.35. The first-order chi connectivity index (χ1) is 23.9. The van der Waals surface area contributed by atoms with Gasteiger partial charge in [-0.25, -0.2) is 9.59 Å². The molecule has 3 amide bonds. The fourth-order valence-corrected chi connectivity index (χ4v) is 6.98. The zero-order valence-corrected chi connectivity index (χ0v) is 32.2. The van der Waals surface area contributed by atoms with Gasteiger partial charge in [-0.3, -0.25) is 9.59 Å². The fourth-order valence-electron chi connectivity index (χ4n) is 6.98. The van der Waals surface area contributed by atoms with Crippen LogP contribution in [0, 0.1) is 11.8 Å². The van der Waals surface area contributed by atoms with E-state index in [0.717, 1.165) is 43.0 Å². The number of nitrogens with zero attached hydrogens (tertiary/aromatic N) is 3. The summed E-state index contributed by atoms with van der Waals surface area (Å²) in [6.07, 6.45) is 0.549. The van der Waals surface area contributed by atoms with Crippen LogP contribution in [0.15, 0.2) is 48.5 Å². The van der Waals surface area contributed by atoms with Crippen LogP contribution in [0.3, 0.4) is 0 Å². The molecule has 1 fully saturated rings. The van der Waals surface area contributed by atoms with E-state index in [1.165, 1.54) is 12.0 Å². The number of esters is 1. The molecule has 1 aliphatic carbocycles. The van der Waals surface area contributed by atoms with E-state index in [2.05, 4.69) is 27.5 Å². The van der Waals surface area contributed by atoms with Crippen LogP contribution in [-0.4, -0.2) is 97.2 Å². The molecule has 0 saturated carbocycles. The van der Waals surface area contributed by atoms with Crippen molar-refractivity contribution in [3.8, 4) is 0 Å². The molecule has 0 spiro atoms. The first kappa shape index (κ1) is 39.7. The van der Waals surface area contributed by atoms with Gasteiger partial charge < -0.3 is 34.8 Å². The van der Waals surface area contributed by atoms with Crippen molar-refractivity contribution in [1.29, 1.82) is 0 Å². The number of carbonyl (C=O) groups is 4. The predicted molar refractivity (Wildman–Crippen MR) is 199 cm³/mol. The molecule has 1 heterocycles. The third-order valence-corrected chi connectivity index (χ3v) is 9.35. The van der Waals surface area contributed by atoms with E-state index in [1.54, 1.807) is 20.8 Å². The Hall–Kier alpha value is -4.12. The van der Waals surface area contributed by atoms with Gasteiger partial charge in [0.05, 0.1) is 7.11 Å². The summed E-state index contributed by atoms with van der Waals surface area (Å²) in [7, 11) is 3.39. The molecule has 4 rings (SSSR count). The molecule has 2 N–H and O–H groups in total. The van der Waals surface area contributed by atoms with Gasteiger partial charge in [0, 0.05) is 37.4 Å². The van der Waals surface area contributed by atoms with Crippen molar-refractivity contribution in [3.05, 3.63) is 65.2 Å². The standard InChI is InChI=1S/C40H59N5O6/c1-26(2)23-32(37(48)50-10)45(36(47)33(41-38(49)51-40(6,7)8)30-24-28-13-11-12-14-29(28)25-30)34(35(46)42-39(3,4)5)27-15-17-31(18-16-27)44-21-19-43(9)20-22-44/h11-18,26,30,32-34H,19-25H2,1-10H3,(H,41,49)(H,42,46)/t32-,33-,34?/m1/s1. The largest absolute Gasteiger partial charge is 0.467 e. The Morgan fingerprint density at radius 3 is 1.94 bits per heavy atom. The van der Waals surface area contributed by atoms with Crippen LogP contribution in [0.5, 0.6) is 0 Å². The lowest BCUT2D eigenvalue weighted by Crippen LogP contribution is -2.61. The number of hydrogen-bond donors (Lipinski definition) is 2. The highest BCUT2D eigenvalue weighted by molar-refractivity contribution is 5.95. The van der Waals surface area contributed by atoms with E-state index in [1.807, 2.05) is 83.1 Å². The van der Waals surface area contributed by atoms with Crippen molar-refractivity contribution < 1.29 is 28.7 Å². The number of likely N-dealkylation sites (N-methyl/N-ethyl adjacent to an activating group) is 1. The number of methoxy groups -OCH3 is 1. The smallest absolute Gasteiger partial charge is 0.408 e. The zero-order chi connectivity index (χ0) is 37.7. The number of anilines is 1. The molecule has 1 unspecified atom stereocenters. The van der Waals surface area contributed by atoms with Crippen molar-refractivity contribution >= 4 is 29.6 Å². The van der Waals surface area contributed by atoms with Gasteiger partial charge in [0.25, 0.3) is 0 Å². The highest BCUT2D eigenvalue weighted by Gasteiger charge is 2.46. The Balaban J connectivity index is 1.87. The first-order valence-electron chi connectivity index (χ1n) is 18.2. The number of piperazine rings is 1. The minimum Gasteiger partial charge on any atom is -0.467 e. The van der Waals surface area contributed by atoms with Crippen molar-refractivity contribution in [1.82, 2.24) is 20.4 Å². The van der Waals surface area contributed by atoms with E-state index in [9.17, 15) is 14.4 Å². The van der Waals surface area contributed by atoms with E-state index < -0.39 is 53.1 Å². The summed E-state index contributed by atoms with van der Waals surface area (Å²) in [6, 6.07) is 12.2. The average molecular weight is 706 g/mol. The molecule has 11 heteroatoms. The monoisotopic (exact) mass is 705 g/mol. The lowest BCUT2D eigenvalue weighted by molar-refractivity contribution is -0.159. The Morgan fingerprint density at radius 1 is 0.882 bits per heavy atom. The summed E-state index contributed by atoms with van der Waals surface area (Å²) in [5, 5.41) is 5.98. The van der Waals surface area contributed by atoms with Crippen LogP contribution < -0.4 is 15.5 Å². The molecular formula is C40H59N5O6. The van der Waals surface area contributed by atoms with Crippen LogP contribution in [-0.2, 0) is 36.7 Å². The molecular weight excluding hydrogens is 646 g/mol. The Bertz CT molecular complexity index is 1500. The third kappa shape index (κ3) is 10.7. The summed E-state index contributed by atoms with van der Waals surface area (Å²) in [5.41, 5.74) is 2.27. The van der Waals surface area contributed by atoms with Crippen LogP contribution in [0.4, 0.5) is 10.5 Å². The van der Waals surface area contributed by atoms with Gasteiger partial charge in [-0.1, -0.05) is 50.2 Å². The molecule has 280 valence electrons. The molecule has 0 aromatic heterocycles. The van der Waals surface area contributed by atoms with Gasteiger partial charge in [0.15, 0.2) is 0 Å². The zero-order valence-electron chi connectivity index (χ0n) is 32.2. The molecule has 0 bridgehead atoms. The number of rotatable bonds is 11. The van der Waals surface area contributed by atoms with E-state index >= 15 is 4.79 Å². The maximum Gasteiger partial charge on any atom is 0.408 e. The van der Waals surface area contributed by atoms with Gasteiger partial charge in [-0.05, 0) is 109 Å². The summed E-state index contributed by atoms with van der Waals surface area (Å²) in [5.74, 6) is -2.01.